The minimum atomic E-state index is -0.450. The molecule has 0 radical (unpaired) electrons. The van der Waals surface area contributed by atoms with Crippen LogP contribution in [0.25, 0.3) is 0 Å². The predicted octanol–water partition coefficient (Wildman–Crippen LogP) is 1.87. The first-order valence-electron chi connectivity index (χ1n) is 6.59. The van der Waals surface area contributed by atoms with Crippen LogP contribution in [0.5, 0.6) is 0 Å². The molecule has 0 bridgehead atoms. The summed E-state index contributed by atoms with van der Waals surface area (Å²) in [5.74, 6) is 0.243. The van der Waals surface area contributed by atoms with E-state index in [9.17, 15) is 4.79 Å². The van der Waals surface area contributed by atoms with Gasteiger partial charge in [-0.2, -0.15) is 0 Å². The molecule has 1 aromatic rings. The third-order valence-electron chi connectivity index (χ3n) is 3.63. The minimum Gasteiger partial charge on any atom is -0.373 e. The van der Waals surface area contributed by atoms with E-state index in [0.717, 1.165) is 25.3 Å². The van der Waals surface area contributed by atoms with Crippen molar-refractivity contribution in [3.63, 3.8) is 0 Å². The van der Waals surface area contributed by atoms with Crippen molar-refractivity contribution in [1.82, 2.24) is 5.32 Å². The molecule has 0 unspecified atom stereocenters. The van der Waals surface area contributed by atoms with Gasteiger partial charge in [-0.05, 0) is 50.0 Å². The van der Waals surface area contributed by atoms with Crippen molar-refractivity contribution in [3.8, 4) is 0 Å². The van der Waals surface area contributed by atoms with Crippen LogP contribution in [0.1, 0.15) is 23.2 Å². The molecular formula is C14H20ClN3O. The van der Waals surface area contributed by atoms with E-state index in [1.54, 1.807) is 12.1 Å². The van der Waals surface area contributed by atoms with Gasteiger partial charge in [-0.3, -0.25) is 4.79 Å². The molecule has 3 N–H and O–H groups in total. The van der Waals surface area contributed by atoms with Crippen molar-refractivity contribution in [2.24, 2.45) is 11.7 Å². The summed E-state index contributed by atoms with van der Waals surface area (Å²) in [4.78, 5) is 13.3. The van der Waals surface area contributed by atoms with Crippen molar-refractivity contribution >= 4 is 23.2 Å². The van der Waals surface area contributed by atoms with E-state index < -0.39 is 5.91 Å². The second-order valence-electron chi connectivity index (χ2n) is 5.10. The number of amides is 1. The second kappa shape index (κ2) is 6.26. The van der Waals surface area contributed by atoms with Gasteiger partial charge >= 0.3 is 0 Å². The fraction of sp³-hybridized carbons (Fsp3) is 0.500. The van der Waals surface area contributed by atoms with Crippen LogP contribution in [0.3, 0.4) is 0 Å². The summed E-state index contributed by atoms with van der Waals surface area (Å²) in [6, 6.07) is 5.23. The maximum atomic E-state index is 11.1. The molecule has 0 saturated carbocycles. The molecule has 1 aromatic carbocycles. The van der Waals surface area contributed by atoms with Crippen LogP contribution in [-0.4, -0.2) is 32.6 Å². The Hall–Kier alpha value is -1.26. The number of halogens is 1. The van der Waals surface area contributed by atoms with Crippen molar-refractivity contribution < 1.29 is 4.79 Å². The number of hydrogen-bond donors (Lipinski definition) is 2. The highest BCUT2D eigenvalue weighted by Crippen LogP contribution is 2.27. The molecule has 104 valence electrons. The molecule has 1 heterocycles. The first kappa shape index (κ1) is 14.2. The minimum absolute atomic E-state index is 0.448. The maximum absolute atomic E-state index is 11.1. The van der Waals surface area contributed by atoms with Crippen molar-refractivity contribution in [2.75, 3.05) is 31.6 Å². The lowest BCUT2D eigenvalue weighted by molar-refractivity contribution is 0.100. The lowest BCUT2D eigenvalue weighted by atomic mass is 9.97. The molecule has 19 heavy (non-hydrogen) atoms. The van der Waals surface area contributed by atoms with Gasteiger partial charge in [0.25, 0.3) is 0 Å². The average molecular weight is 282 g/mol. The van der Waals surface area contributed by atoms with E-state index >= 15 is 0 Å². The predicted molar refractivity (Wildman–Crippen MR) is 78.8 cm³/mol. The van der Waals surface area contributed by atoms with E-state index in [2.05, 4.69) is 10.2 Å². The standard InChI is InChI=1S/C14H20ClN3O/c1-18(9-10-4-6-17-7-5-10)13-3-2-11(14(16)19)8-12(13)15/h2-3,8,10,17H,4-7,9H2,1H3,(H2,16,19). The number of piperidine rings is 1. The van der Waals surface area contributed by atoms with Gasteiger partial charge < -0.3 is 16.0 Å². The van der Waals surface area contributed by atoms with Gasteiger partial charge in [0, 0.05) is 19.2 Å². The molecule has 1 amide bonds. The first-order valence-corrected chi connectivity index (χ1v) is 6.97. The van der Waals surface area contributed by atoms with E-state index in [1.165, 1.54) is 12.8 Å². The lowest BCUT2D eigenvalue weighted by Crippen LogP contribution is -2.34. The third kappa shape index (κ3) is 3.61. The maximum Gasteiger partial charge on any atom is 0.248 e. The normalized spacial score (nSPS) is 16.3. The largest absolute Gasteiger partial charge is 0.373 e. The number of nitrogens with zero attached hydrogens (tertiary/aromatic N) is 1. The van der Waals surface area contributed by atoms with Gasteiger partial charge in [0.1, 0.15) is 0 Å². The topological polar surface area (TPSA) is 58.4 Å². The van der Waals surface area contributed by atoms with Gasteiger partial charge in [0.15, 0.2) is 0 Å². The van der Waals surface area contributed by atoms with E-state index in [0.29, 0.717) is 16.5 Å². The second-order valence-corrected chi connectivity index (χ2v) is 5.51. The molecule has 2 rings (SSSR count). The molecule has 0 aromatic heterocycles. The van der Waals surface area contributed by atoms with E-state index in [1.807, 2.05) is 13.1 Å². The number of hydrogen-bond acceptors (Lipinski definition) is 3. The summed E-state index contributed by atoms with van der Waals surface area (Å²) in [5, 5.41) is 3.94. The van der Waals surface area contributed by atoms with Gasteiger partial charge in [0.05, 0.1) is 10.7 Å². The molecule has 1 aliphatic rings. The number of carbonyl (C=O) groups is 1. The number of rotatable bonds is 4. The fourth-order valence-electron chi connectivity index (χ4n) is 2.52. The van der Waals surface area contributed by atoms with Gasteiger partial charge in [-0.1, -0.05) is 11.6 Å². The van der Waals surface area contributed by atoms with Gasteiger partial charge in [-0.15, -0.1) is 0 Å². The highest BCUT2D eigenvalue weighted by molar-refractivity contribution is 6.33. The monoisotopic (exact) mass is 281 g/mol. The highest BCUT2D eigenvalue weighted by atomic mass is 35.5. The number of nitrogens with two attached hydrogens (primary N) is 1. The Morgan fingerprint density at radius 3 is 2.74 bits per heavy atom. The number of nitrogens with one attached hydrogen (secondary N) is 1. The summed E-state index contributed by atoms with van der Waals surface area (Å²) in [6.07, 6.45) is 2.39. The zero-order chi connectivity index (χ0) is 13.8. The van der Waals surface area contributed by atoms with Gasteiger partial charge in [0.2, 0.25) is 5.91 Å². The highest BCUT2D eigenvalue weighted by Gasteiger charge is 2.17. The van der Waals surface area contributed by atoms with Crippen LogP contribution < -0.4 is 16.0 Å². The summed E-state index contributed by atoms with van der Waals surface area (Å²) in [6.45, 7) is 3.16. The Kier molecular flexibility index (Phi) is 4.66. The molecule has 0 spiro atoms. The van der Waals surface area contributed by atoms with Crippen LogP contribution in [0.2, 0.25) is 5.02 Å². The van der Waals surface area contributed by atoms with Crippen LogP contribution in [-0.2, 0) is 0 Å². The molecule has 5 heteroatoms. The smallest absolute Gasteiger partial charge is 0.248 e. The van der Waals surface area contributed by atoms with Crippen LogP contribution >= 0.6 is 11.6 Å². The lowest BCUT2D eigenvalue weighted by Gasteiger charge is -2.29. The van der Waals surface area contributed by atoms with E-state index in [-0.39, 0.29) is 0 Å². The Bertz CT molecular complexity index is 458. The third-order valence-corrected chi connectivity index (χ3v) is 3.94. The fourth-order valence-corrected chi connectivity index (χ4v) is 2.84. The number of primary amides is 1. The Morgan fingerprint density at radius 1 is 1.47 bits per heavy atom. The zero-order valence-electron chi connectivity index (χ0n) is 11.2. The Labute approximate surface area is 118 Å². The number of benzene rings is 1. The van der Waals surface area contributed by atoms with E-state index in [4.69, 9.17) is 17.3 Å². The first-order chi connectivity index (χ1) is 9.08. The number of carbonyl (C=O) groups excluding carboxylic acids is 1. The number of anilines is 1. The SMILES string of the molecule is CN(CC1CCNCC1)c1ccc(C(N)=O)cc1Cl. The quantitative estimate of drug-likeness (QED) is 0.886. The molecule has 1 fully saturated rings. The summed E-state index contributed by atoms with van der Waals surface area (Å²) >= 11 is 6.22. The van der Waals surface area contributed by atoms with Gasteiger partial charge in [-0.25, -0.2) is 0 Å². The van der Waals surface area contributed by atoms with Crippen molar-refractivity contribution in [1.29, 1.82) is 0 Å². The summed E-state index contributed by atoms with van der Waals surface area (Å²) in [7, 11) is 2.03. The van der Waals surface area contributed by atoms with Crippen LogP contribution in [0.15, 0.2) is 18.2 Å². The molecular weight excluding hydrogens is 262 g/mol. The molecule has 1 aliphatic heterocycles. The molecule has 1 saturated heterocycles. The molecule has 4 nitrogen and oxygen atoms in total. The Morgan fingerprint density at radius 2 is 2.16 bits per heavy atom. The zero-order valence-corrected chi connectivity index (χ0v) is 11.9. The van der Waals surface area contributed by atoms with Crippen LogP contribution in [0, 0.1) is 5.92 Å². The average Bonchev–Trinajstić information content (AvgIpc) is 2.39. The summed E-state index contributed by atoms with van der Waals surface area (Å²) < 4.78 is 0. The van der Waals surface area contributed by atoms with Crippen molar-refractivity contribution in [3.05, 3.63) is 28.8 Å². The molecule has 0 aliphatic carbocycles. The van der Waals surface area contributed by atoms with Crippen molar-refractivity contribution in [2.45, 2.75) is 12.8 Å². The van der Waals surface area contributed by atoms with Crippen LogP contribution in [0.4, 0.5) is 5.69 Å². The molecule has 0 atom stereocenters. The summed E-state index contributed by atoms with van der Waals surface area (Å²) in [5.41, 5.74) is 6.64. The Balaban J connectivity index is 2.05.